The first-order valence-corrected chi connectivity index (χ1v) is 7.97. The number of benzene rings is 4. The smallest absolute Gasteiger partial charge is 0.00940 e. The van der Waals surface area contributed by atoms with Crippen molar-refractivity contribution in [1.29, 1.82) is 0 Å². The van der Waals surface area contributed by atoms with Crippen LogP contribution in [-0.2, 0) is 6.42 Å². The third-order valence-electron chi connectivity index (χ3n) is 4.42. The average molecular weight is 294 g/mol. The topological polar surface area (TPSA) is 0 Å². The minimum atomic E-state index is 0.889. The van der Waals surface area contributed by atoms with Crippen molar-refractivity contribution in [3.8, 4) is 11.1 Å². The van der Waals surface area contributed by atoms with E-state index in [1.54, 1.807) is 0 Å². The highest BCUT2D eigenvalue weighted by Gasteiger charge is 2.08. The molecule has 0 radical (unpaired) electrons. The number of rotatable bonds is 3. The number of hydrogen-bond donors (Lipinski definition) is 0. The first-order valence-electron chi connectivity index (χ1n) is 7.97. The summed E-state index contributed by atoms with van der Waals surface area (Å²) in [5, 5.41) is 5.17. The lowest BCUT2D eigenvalue weighted by Crippen LogP contribution is -1.89. The fourth-order valence-corrected chi connectivity index (χ4v) is 3.32. The van der Waals surface area contributed by atoms with Crippen LogP contribution in [0.1, 0.15) is 5.56 Å². The molecule has 0 aromatic heterocycles. The van der Waals surface area contributed by atoms with Crippen molar-refractivity contribution in [2.75, 3.05) is 0 Å². The summed E-state index contributed by atoms with van der Waals surface area (Å²) in [4.78, 5) is 0. The Kier molecular flexibility index (Phi) is 3.44. The van der Waals surface area contributed by atoms with Gasteiger partial charge in [0.1, 0.15) is 0 Å². The highest BCUT2D eigenvalue weighted by molar-refractivity contribution is 6.05. The van der Waals surface area contributed by atoms with Crippen LogP contribution < -0.4 is 0 Å². The fourth-order valence-electron chi connectivity index (χ4n) is 3.32. The molecule has 0 heterocycles. The van der Waals surface area contributed by atoms with Gasteiger partial charge in [-0.15, -0.1) is 6.58 Å². The molecule has 0 amide bonds. The Morgan fingerprint density at radius 3 is 2.13 bits per heavy atom. The molecule has 0 aliphatic rings. The van der Waals surface area contributed by atoms with Crippen molar-refractivity contribution in [1.82, 2.24) is 0 Å². The van der Waals surface area contributed by atoms with Gasteiger partial charge >= 0.3 is 0 Å². The molecule has 4 aromatic rings. The molecule has 0 N–H and O–H groups in total. The Balaban J connectivity index is 2.04. The van der Waals surface area contributed by atoms with E-state index in [2.05, 4.69) is 85.4 Å². The van der Waals surface area contributed by atoms with Gasteiger partial charge in [0, 0.05) is 0 Å². The summed E-state index contributed by atoms with van der Waals surface area (Å²) in [5.74, 6) is 0. The van der Waals surface area contributed by atoms with Gasteiger partial charge in [0.05, 0.1) is 0 Å². The Hall–Kier alpha value is -2.86. The predicted molar refractivity (Wildman–Crippen MR) is 101 cm³/mol. The lowest BCUT2D eigenvalue weighted by atomic mass is 9.92. The molecule has 0 saturated carbocycles. The summed E-state index contributed by atoms with van der Waals surface area (Å²) in [7, 11) is 0. The normalized spacial score (nSPS) is 11.0. The zero-order valence-corrected chi connectivity index (χ0v) is 13.0. The van der Waals surface area contributed by atoms with Gasteiger partial charge in [0.2, 0.25) is 0 Å². The molecule has 0 spiro atoms. The average Bonchev–Trinajstić information content (AvgIpc) is 2.60. The van der Waals surface area contributed by atoms with E-state index in [0.29, 0.717) is 0 Å². The zero-order chi connectivity index (χ0) is 15.6. The molecule has 0 aliphatic carbocycles. The van der Waals surface area contributed by atoms with Gasteiger partial charge in [0.25, 0.3) is 0 Å². The molecular weight excluding hydrogens is 276 g/mol. The molecule has 0 fully saturated rings. The summed E-state index contributed by atoms with van der Waals surface area (Å²) in [6, 6.07) is 28.3. The number of allylic oxidation sites excluding steroid dienone is 1. The lowest BCUT2D eigenvalue weighted by molar-refractivity contribution is 1.28. The van der Waals surface area contributed by atoms with Gasteiger partial charge in [-0.25, -0.2) is 0 Å². The summed E-state index contributed by atoms with van der Waals surface area (Å²) in [6.45, 7) is 3.89. The second-order valence-electron chi connectivity index (χ2n) is 5.88. The van der Waals surface area contributed by atoms with E-state index < -0.39 is 0 Å². The second kappa shape index (κ2) is 5.73. The molecule has 0 unspecified atom stereocenters. The maximum absolute atomic E-state index is 3.89. The predicted octanol–water partition coefficient (Wildman–Crippen LogP) is 6.39. The van der Waals surface area contributed by atoms with Crippen molar-refractivity contribution >= 4 is 21.5 Å². The van der Waals surface area contributed by atoms with Crippen LogP contribution >= 0.6 is 0 Å². The van der Waals surface area contributed by atoms with E-state index in [0.717, 1.165) is 6.42 Å². The SMILES string of the molecule is C=CCc1ccccc1-c1cccc2cc3ccccc3cc12. The van der Waals surface area contributed by atoms with Gasteiger partial charge < -0.3 is 0 Å². The van der Waals surface area contributed by atoms with Gasteiger partial charge in [-0.2, -0.15) is 0 Å². The number of fused-ring (bicyclic) bond motifs is 2. The van der Waals surface area contributed by atoms with E-state index >= 15 is 0 Å². The molecule has 0 heteroatoms. The van der Waals surface area contributed by atoms with Crippen LogP contribution in [-0.4, -0.2) is 0 Å². The summed E-state index contributed by atoms with van der Waals surface area (Å²) < 4.78 is 0. The first-order chi connectivity index (χ1) is 11.4. The Morgan fingerprint density at radius 2 is 1.30 bits per heavy atom. The van der Waals surface area contributed by atoms with E-state index in [1.165, 1.54) is 38.2 Å². The molecule has 4 rings (SSSR count). The van der Waals surface area contributed by atoms with Crippen LogP contribution in [0.4, 0.5) is 0 Å². The fraction of sp³-hybridized carbons (Fsp3) is 0.0435. The van der Waals surface area contributed by atoms with E-state index in [-0.39, 0.29) is 0 Å². The molecule has 0 aliphatic heterocycles. The van der Waals surface area contributed by atoms with Crippen molar-refractivity contribution in [3.63, 3.8) is 0 Å². The van der Waals surface area contributed by atoms with Gasteiger partial charge in [-0.3, -0.25) is 0 Å². The Labute approximate surface area is 136 Å². The van der Waals surface area contributed by atoms with E-state index in [4.69, 9.17) is 0 Å². The zero-order valence-electron chi connectivity index (χ0n) is 13.0. The highest BCUT2D eigenvalue weighted by Crippen LogP contribution is 2.33. The summed E-state index contributed by atoms with van der Waals surface area (Å²) >= 11 is 0. The van der Waals surface area contributed by atoms with Crippen LogP contribution in [0.15, 0.2) is 91.5 Å². The molecule has 110 valence electrons. The van der Waals surface area contributed by atoms with Crippen molar-refractivity contribution < 1.29 is 0 Å². The standard InChI is InChI=1S/C23H18/c1-2-8-17-9-5-6-13-21(17)22-14-7-12-20-15-18-10-3-4-11-19(18)16-23(20)22/h2-7,9-16H,1,8H2. The molecule has 4 aromatic carbocycles. The van der Waals surface area contributed by atoms with Crippen LogP contribution in [0.5, 0.6) is 0 Å². The quantitative estimate of drug-likeness (QED) is 0.303. The van der Waals surface area contributed by atoms with Crippen LogP contribution in [0, 0.1) is 0 Å². The summed E-state index contributed by atoms with van der Waals surface area (Å²) in [5.41, 5.74) is 3.92. The first kappa shape index (κ1) is 13.8. The third kappa shape index (κ3) is 2.43. The molecular formula is C23H18. The molecule has 0 nitrogen and oxygen atoms in total. The van der Waals surface area contributed by atoms with Crippen molar-refractivity contribution in [2.24, 2.45) is 0 Å². The maximum Gasteiger partial charge on any atom is -0.00940 e. The van der Waals surface area contributed by atoms with Crippen LogP contribution in [0.3, 0.4) is 0 Å². The lowest BCUT2D eigenvalue weighted by Gasteiger charge is -2.12. The molecule has 0 atom stereocenters. The highest BCUT2D eigenvalue weighted by atomic mass is 14.1. The molecule has 23 heavy (non-hydrogen) atoms. The number of hydrogen-bond acceptors (Lipinski definition) is 0. The van der Waals surface area contributed by atoms with Gasteiger partial charge in [-0.1, -0.05) is 72.8 Å². The largest absolute Gasteiger partial charge is 0.103 e. The van der Waals surface area contributed by atoms with Gasteiger partial charge in [0.15, 0.2) is 0 Å². The van der Waals surface area contributed by atoms with E-state index in [1.807, 2.05) is 6.08 Å². The monoisotopic (exact) mass is 294 g/mol. The van der Waals surface area contributed by atoms with Crippen molar-refractivity contribution in [2.45, 2.75) is 6.42 Å². The Morgan fingerprint density at radius 1 is 0.652 bits per heavy atom. The maximum atomic E-state index is 3.89. The minimum absolute atomic E-state index is 0.889. The van der Waals surface area contributed by atoms with Crippen LogP contribution in [0.25, 0.3) is 32.7 Å². The third-order valence-corrected chi connectivity index (χ3v) is 4.42. The van der Waals surface area contributed by atoms with Gasteiger partial charge in [-0.05, 0) is 56.8 Å². The molecule has 0 bridgehead atoms. The van der Waals surface area contributed by atoms with E-state index in [9.17, 15) is 0 Å². The minimum Gasteiger partial charge on any atom is -0.103 e. The summed E-state index contributed by atoms with van der Waals surface area (Å²) in [6.07, 6.45) is 2.86. The Bertz CT molecular complexity index is 1010. The molecule has 0 saturated heterocycles. The van der Waals surface area contributed by atoms with Crippen molar-refractivity contribution in [3.05, 3.63) is 97.1 Å². The van der Waals surface area contributed by atoms with Crippen LogP contribution in [0.2, 0.25) is 0 Å². The second-order valence-corrected chi connectivity index (χ2v) is 5.88.